The quantitative estimate of drug-likeness (QED) is 0.548. The van der Waals surface area contributed by atoms with Crippen molar-refractivity contribution in [1.29, 1.82) is 0 Å². The molecule has 2 heterocycles. The number of fused-ring (bicyclic) bond motifs is 1. The van der Waals surface area contributed by atoms with Crippen molar-refractivity contribution >= 4 is 34.3 Å². The number of thiophene rings is 1. The zero-order valence-electron chi connectivity index (χ0n) is 19.0. The number of esters is 1. The maximum Gasteiger partial charge on any atom is 0.410 e. The summed E-state index contributed by atoms with van der Waals surface area (Å²) in [5.41, 5.74) is 1.14. The average Bonchev–Trinajstić information content (AvgIpc) is 3.16. The maximum absolute atomic E-state index is 12.6. The minimum Gasteiger partial charge on any atom is -0.494 e. The van der Waals surface area contributed by atoms with E-state index in [0.717, 1.165) is 16.2 Å². The molecule has 178 valence electrons. The van der Waals surface area contributed by atoms with E-state index in [4.69, 9.17) is 18.9 Å². The van der Waals surface area contributed by atoms with Crippen LogP contribution in [0, 0.1) is 0 Å². The Morgan fingerprint density at radius 1 is 0.970 bits per heavy atom. The predicted octanol–water partition coefficient (Wildman–Crippen LogP) is 3.86. The van der Waals surface area contributed by atoms with Crippen LogP contribution in [-0.4, -0.2) is 55.8 Å². The number of nitrogens with zero attached hydrogens (tertiary/aromatic N) is 1. The molecule has 0 unspecified atom stereocenters. The molecule has 2 amide bonds. The summed E-state index contributed by atoms with van der Waals surface area (Å²) in [5, 5.41) is 3.17. The van der Waals surface area contributed by atoms with Crippen molar-refractivity contribution in [2.24, 2.45) is 0 Å². The van der Waals surface area contributed by atoms with Gasteiger partial charge >= 0.3 is 12.1 Å². The summed E-state index contributed by atoms with van der Waals surface area (Å²) in [4.78, 5) is 39.7. The van der Waals surface area contributed by atoms with Crippen molar-refractivity contribution < 1.29 is 33.3 Å². The summed E-state index contributed by atoms with van der Waals surface area (Å²) in [5.74, 6) is 0.335. The zero-order valence-corrected chi connectivity index (χ0v) is 19.8. The molecule has 0 radical (unpaired) electrons. The van der Waals surface area contributed by atoms with Crippen molar-refractivity contribution in [3.63, 3.8) is 0 Å². The summed E-state index contributed by atoms with van der Waals surface area (Å²) in [6, 6.07) is 6.96. The van der Waals surface area contributed by atoms with Gasteiger partial charge in [-0.15, -0.1) is 11.3 Å². The van der Waals surface area contributed by atoms with E-state index in [-0.39, 0.29) is 19.8 Å². The number of rotatable bonds is 9. The highest BCUT2D eigenvalue weighted by molar-refractivity contribution is 7.17. The Kier molecular flexibility index (Phi) is 8.53. The molecule has 0 saturated carbocycles. The van der Waals surface area contributed by atoms with Crippen molar-refractivity contribution in [2.75, 3.05) is 38.3 Å². The van der Waals surface area contributed by atoms with E-state index >= 15 is 0 Å². The summed E-state index contributed by atoms with van der Waals surface area (Å²) in [6.07, 6.45) is 0.0701. The van der Waals surface area contributed by atoms with Gasteiger partial charge in [-0.25, -0.2) is 9.59 Å². The van der Waals surface area contributed by atoms with Gasteiger partial charge < -0.3 is 29.2 Å². The zero-order chi connectivity index (χ0) is 23.8. The van der Waals surface area contributed by atoms with Gasteiger partial charge in [-0.05, 0) is 57.0 Å². The third-order valence-corrected chi connectivity index (χ3v) is 5.95. The van der Waals surface area contributed by atoms with E-state index in [1.54, 1.807) is 43.0 Å². The topological polar surface area (TPSA) is 103 Å². The van der Waals surface area contributed by atoms with Crippen molar-refractivity contribution in [1.82, 2.24) is 4.90 Å². The molecular weight excluding hydrogens is 448 g/mol. The van der Waals surface area contributed by atoms with Gasteiger partial charge in [-0.3, -0.25) is 4.79 Å². The minimum atomic E-state index is -0.498. The van der Waals surface area contributed by atoms with Gasteiger partial charge in [0, 0.05) is 11.4 Å². The number of ether oxygens (including phenoxy) is 4. The average molecular weight is 477 g/mol. The first-order valence-corrected chi connectivity index (χ1v) is 11.7. The van der Waals surface area contributed by atoms with E-state index in [1.165, 1.54) is 11.3 Å². The Balaban J connectivity index is 1.71. The largest absolute Gasteiger partial charge is 0.494 e. The van der Waals surface area contributed by atoms with Gasteiger partial charge in [-0.2, -0.15) is 0 Å². The molecule has 1 aliphatic heterocycles. The Bertz CT molecular complexity index is 987. The second-order valence-corrected chi connectivity index (χ2v) is 8.15. The molecule has 0 spiro atoms. The van der Waals surface area contributed by atoms with Gasteiger partial charge in [0.25, 0.3) is 5.91 Å². The van der Waals surface area contributed by atoms with E-state index < -0.39 is 18.0 Å². The molecular formula is C23H28N2O7S. The number of carbonyl (C=O) groups excluding carboxylic acids is 3. The lowest BCUT2D eigenvalue weighted by atomic mass is 10.0. The molecule has 10 heteroatoms. The Labute approximate surface area is 196 Å². The molecule has 0 bridgehead atoms. The van der Waals surface area contributed by atoms with Crippen LogP contribution < -0.4 is 14.8 Å². The lowest BCUT2D eigenvalue weighted by Crippen LogP contribution is -2.36. The molecule has 1 aliphatic rings. The van der Waals surface area contributed by atoms with Gasteiger partial charge in [0.2, 0.25) is 0 Å². The fraction of sp³-hybridized carbons (Fsp3) is 0.435. The third kappa shape index (κ3) is 6.16. The number of nitrogens with one attached hydrogen (secondary N) is 1. The second kappa shape index (κ2) is 11.6. The monoisotopic (exact) mass is 476 g/mol. The van der Waals surface area contributed by atoms with Crippen molar-refractivity contribution in [3.05, 3.63) is 40.3 Å². The number of carbonyl (C=O) groups is 3. The van der Waals surface area contributed by atoms with E-state index in [2.05, 4.69) is 5.32 Å². The Hall–Kier alpha value is -3.27. The molecule has 3 rings (SSSR count). The molecule has 2 aromatic rings. The maximum atomic E-state index is 12.6. The summed E-state index contributed by atoms with van der Waals surface area (Å²) >= 11 is 1.26. The van der Waals surface area contributed by atoms with Crippen LogP contribution in [0.5, 0.6) is 11.5 Å². The van der Waals surface area contributed by atoms with Crippen LogP contribution in [0.3, 0.4) is 0 Å². The predicted molar refractivity (Wildman–Crippen MR) is 123 cm³/mol. The van der Waals surface area contributed by atoms with Crippen LogP contribution in [0.1, 0.15) is 41.6 Å². The van der Waals surface area contributed by atoms with Gasteiger partial charge in [-0.1, -0.05) is 0 Å². The Morgan fingerprint density at radius 3 is 2.27 bits per heavy atom. The highest BCUT2D eigenvalue weighted by Gasteiger charge is 2.31. The van der Waals surface area contributed by atoms with Gasteiger partial charge in [0.15, 0.2) is 6.61 Å². The smallest absolute Gasteiger partial charge is 0.410 e. The molecule has 0 saturated heterocycles. The standard InChI is InChI=1S/C23H28N2O7S/c1-4-29-15-7-9-16(10-8-15)32-14-19(26)24-21-20(22(27)30-5-2)17-11-12-25(13-18(17)33-21)23(28)31-6-3/h7-10H,4-6,11-14H2,1-3H3,(H,24,26). The fourth-order valence-corrected chi connectivity index (χ4v) is 4.66. The SMILES string of the molecule is CCOC(=O)c1c(NC(=O)COc2ccc(OCC)cc2)sc2c1CCN(C(=O)OCC)C2. The molecule has 0 fully saturated rings. The van der Waals surface area contributed by atoms with Gasteiger partial charge in [0.05, 0.1) is 31.9 Å². The molecule has 0 atom stereocenters. The second-order valence-electron chi connectivity index (χ2n) is 7.04. The number of benzene rings is 1. The number of amides is 2. The highest BCUT2D eigenvalue weighted by atomic mass is 32.1. The molecule has 1 aromatic heterocycles. The van der Waals surface area contributed by atoms with E-state index in [9.17, 15) is 14.4 Å². The van der Waals surface area contributed by atoms with Crippen LogP contribution in [-0.2, 0) is 27.2 Å². The van der Waals surface area contributed by atoms with Crippen LogP contribution >= 0.6 is 11.3 Å². The highest BCUT2D eigenvalue weighted by Crippen LogP contribution is 2.38. The fourth-order valence-electron chi connectivity index (χ4n) is 3.39. The van der Waals surface area contributed by atoms with Crippen LogP contribution in [0.2, 0.25) is 0 Å². The lowest BCUT2D eigenvalue weighted by molar-refractivity contribution is -0.118. The number of anilines is 1. The molecule has 0 aliphatic carbocycles. The minimum absolute atomic E-state index is 0.215. The third-order valence-electron chi connectivity index (χ3n) is 4.82. The first-order valence-electron chi connectivity index (χ1n) is 10.9. The van der Waals surface area contributed by atoms with Crippen LogP contribution in [0.4, 0.5) is 9.80 Å². The van der Waals surface area contributed by atoms with Gasteiger partial charge in [0.1, 0.15) is 16.5 Å². The van der Waals surface area contributed by atoms with Crippen molar-refractivity contribution in [3.8, 4) is 11.5 Å². The molecule has 33 heavy (non-hydrogen) atoms. The normalized spacial score (nSPS) is 12.5. The first-order chi connectivity index (χ1) is 16.0. The van der Waals surface area contributed by atoms with E-state index in [1.807, 2.05) is 6.92 Å². The van der Waals surface area contributed by atoms with Crippen LogP contribution in [0.25, 0.3) is 0 Å². The lowest BCUT2D eigenvalue weighted by Gasteiger charge is -2.26. The van der Waals surface area contributed by atoms with E-state index in [0.29, 0.717) is 42.4 Å². The molecule has 9 nitrogen and oxygen atoms in total. The first kappa shape index (κ1) is 24.4. The number of hydrogen-bond acceptors (Lipinski definition) is 8. The summed E-state index contributed by atoms with van der Waals surface area (Å²) in [6.45, 7) is 6.94. The summed E-state index contributed by atoms with van der Waals surface area (Å²) < 4.78 is 21.2. The summed E-state index contributed by atoms with van der Waals surface area (Å²) in [7, 11) is 0. The molecule has 1 N–H and O–H groups in total. The van der Waals surface area contributed by atoms with Crippen molar-refractivity contribution in [2.45, 2.75) is 33.7 Å². The Morgan fingerprint density at radius 2 is 1.64 bits per heavy atom. The van der Waals surface area contributed by atoms with Crippen LogP contribution in [0.15, 0.2) is 24.3 Å². The number of hydrogen-bond donors (Lipinski definition) is 1. The molecule has 1 aromatic carbocycles.